The number of hydrogen-bond donors (Lipinski definition) is 0. The van der Waals surface area contributed by atoms with Crippen LogP contribution in [0.15, 0.2) is 30.4 Å². The van der Waals surface area contributed by atoms with Crippen LogP contribution in [0.25, 0.3) is 0 Å². The highest BCUT2D eigenvalue weighted by atomic mass is 35.5. The van der Waals surface area contributed by atoms with Crippen LogP contribution >= 0.6 is 12.4 Å². The summed E-state index contributed by atoms with van der Waals surface area (Å²) in [6.45, 7) is 9.59. The molecule has 0 atom stereocenters. The zero-order valence-corrected chi connectivity index (χ0v) is 13.1. The van der Waals surface area contributed by atoms with Gasteiger partial charge in [0.15, 0.2) is 0 Å². The van der Waals surface area contributed by atoms with Crippen molar-refractivity contribution in [1.82, 2.24) is 4.90 Å². The van der Waals surface area contributed by atoms with Crippen molar-refractivity contribution in [2.75, 3.05) is 39.5 Å². The van der Waals surface area contributed by atoms with Crippen molar-refractivity contribution < 1.29 is 9.47 Å². The van der Waals surface area contributed by atoms with Gasteiger partial charge in [-0.1, -0.05) is 24.3 Å². The first kappa shape index (κ1) is 17.0. The summed E-state index contributed by atoms with van der Waals surface area (Å²) in [6.07, 6.45) is 4.27. The third-order valence-electron chi connectivity index (χ3n) is 3.52. The third-order valence-corrected chi connectivity index (χ3v) is 3.52. The maximum atomic E-state index is 5.78. The Morgan fingerprint density at radius 1 is 1.20 bits per heavy atom. The Hall–Kier alpha value is -1.03. The Kier molecular flexibility index (Phi) is 7.67. The lowest BCUT2D eigenvalue weighted by molar-refractivity contribution is 0.0434. The van der Waals surface area contributed by atoms with Crippen molar-refractivity contribution in [2.24, 2.45) is 0 Å². The van der Waals surface area contributed by atoms with Gasteiger partial charge in [0.2, 0.25) is 0 Å². The van der Waals surface area contributed by atoms with Gasteiger partial charge in [0.05, 0.1) is 13.2 Å². The number of halogens is 1. The number of aryl methyl sites for hydroxylation is 1. The van der Waals surface area contributed by atoms with Gasteiger partial charge in [-0.15, -0.1) is 12.4 Å². The molecule has 1 heterocycles. The van der Waals surface area contributed by atoms with Gasteiger partial charge in [0.1, 0.15) is 12.4 Å². The second-order valence-electron chi connectivity index (χ2n) is 4.89. The molecule has 0 aliphatic carbocycles. The van der Waals surface area contributed by atoms with Gasteiger partial charge in [0.25, 0.3) is 0 Å². The molecule has 0 amide bonds. The molecule has 0 bridgehead atoms. The summed E-state index contributed by atoms with van der Waals surface area (Å²) >= 11 is 0. The van der Waals surface area contributed by atoms with Gasteiger partial charge < -0.3 is 9.47 Å². The molecule has 0 aromatic heterocycles. The number of hydrogen-bond acceptors (Lipinski definition) is 3. The van der Waals surface area contributed by atoms with E-state index in [-0.39, 0.29) is 12.4 Å². The van der Waals surface area contributed by atoms with Crippen LogP contribution in [0.5, 0.6) is 5.75 Å². The Morgan fingerprint density at radius 3 is 2.70 bits per heavy atom. The van der Waals surface area contributed by atoms with Crippen LogP contribution in [0.3, 0.4) is 0 Å². The molecule has 1 aromatic carbocycles. The van der Waals surface area contributed by atoms with Crippen molar-refractivity contribution in [3.05, 3.63) is 41.5 Å². The van der Waals surface area contributed by atoms with Crippen LogP contribution in [0.1, 0.15) is 11.1 Å². The highest BCUT2D eigenvalue weighted by Crippen LogP contribution is 2.20. The van der Waals surface area contributed by atoms with E-state index in [1.807, 2.05) is 12.1 Å². The molecular weight excluding hydrogens is 274 g/mol. The van der Waals surface area contributed by atoms with Crippen molar-refractivity contribution in [1.29, 1.82) is 0 Å². The molecule has 1 aliphatic rings. The Morgan fingerprint density at radius 2 is 1.95 bits per heavy atom. The van der Waals surface area contributed by atoms with E-state index in [0.717, 1.165) is 38.6 Å². The van der Waals surface area contributed by atoms with Crippen molar-refractivity contribution in [3.63, 3.8) is 0 Å². The van der Waals surface area contributed by atoms with E-state index < -0.39 is 0 Å². The van der Waals surface area contributed by atoms with Crippen LogP contribution < -0.4 is 4.74 Å². The zero-order valence-electron chi connectivity index (χ0n) is 12.3. The van der Waals surface area contributed by atoms with Crippen LogP contribution in [0.2, 0.25) is 0 Å². The zero-order chi connectivity index (χ0) is 13.5. The minimum Gasteiger partial charge on any atom is -0.489 e. The first-order valence-corrected chi connectivity index (χ1v) is 6.91. The number of morpholine rings is 1. The molecule has 0 spiro atoms. The summed E-state index contributed by atoms with van der Waals surface area (Å²) in [6, 6.07) is 6.17. The van der Waals surface area contributed by atoms with Crippen molar-refractivity contribution in [2.45, 2.75) is 13.8 Å². The average molecular weight is 298 g/mol. The average Bonchev–Trinajstić information content (AvgIpc) is 2.44. The summed E-state index contributed by atoms with van der Waals surface area (Å²) in [7, 11) is 0. The fraction of sp³-hybridized carbons (Fsp3) is 0.500. The Balaban J connectivity index is 0.00000200. The summed E-state index contributed by atoms with van der Waals surface area (Å²) in [5, 5.41) is 0. The molecular formula is C16H24ClNO2. The molecule has 20 heavy (non-hydrogen) atoms. The van der Waals surface area contributed by atoms with E-state index >= 15 is 0 Å². The smallest absolute Gasteiger partial charge is 0.122 e. The molecule has 0 radical (unpaired) electrons. The topological polar surface area (TPSA) is 21.7 Å². The van der Waals surface area contributed by atoms with Gasteiger partial charge in [0, 0.05) is 19.6 Å². The van der Waals surface area contributed by atoms with E-state index in [0.29, 0.717) is 6.61 Å². The van der Waals surface area contributed by atoms with Crippen LogP contribution in [-0.4, -0.2) is 44.4 Å². The summed E-state index contributed by atoms with van der Waals surface area (Å²) in [4.78, 5) is 2.39. The Bertz CT molecular complexity index is 428. The predicted octanol–water partition coefficient (Wildman–Crippen LogP) is 2.99. The molecule has 0 unspecified atom stereocenters. The summed E-state index contributed by atoms with van der Waals surface area (Å²) in [5.74, 6) is 0.982. The molecule has 0 N–H and O–H groups in total. The quantitative estimate of drug-likeness (QED) is 0.780. The molecule has 1 fully saturated rings. The molecule has 1 aromatic rings. The van der Waals surface area contributed by atoms with Crippen molar-refractivity contribution >= 4 is 12.4 Å². The van der Waals surface area contributed by atoms with E-state index in [1.54, 1.807) is 0 Å². The first-order chi connectivity index (χ1) is 9.27. The molecule has 3 nitrogen and oxygen atoms in total. The minimum atomic E-state index is 0. The molecule has 0 saturated carbocycles. The lowest BCUT2D eigenvalue weighted by Gasteiger charge is -2.25. The molecule has 4 heteroatoms. The van der Waals surface area contributed by atoms with E-state index in [2.05, 4.69) is 37.0 Å². The largest absolute Gasteiger partial charge is 0.489 e. The maximum Gasteiger partial charge on any atom is 0.122 e. The molecule has 1 saturated heterocycles. The first-order valence-electron chi connectivity index (χ1n) is 6.91. The van der Waals surface area contributed by atoms with Gasteiger partial charge in [-0.25, -0.2) is 0 Å². The molecule has 1 aliphatic heterocycles. The van der Waals surface area contributed by atoms with Gasteiger partial charge in [-0.3, -0.25) is 4.90 Å². The molecule has 112 valence electrons. The third kappa shape index (κ3) is 5.16. The van der Waals surface area contributed by atoms with Gasteiger partial charge >= 0.3 is 0 Å². The SMILES string of the molecule is Cc1cccc(OCC=CCN2CCOCC2)c1C.Cl. The van der Waals surface area contributed by atoms with E-state index in [9.17, 15) is 0 Å². The lowest BCUT2D eigenvalue weighted by atomic mass is 10.1. The fourth-order valence-electron chi connectivity index (χ4n) is 2.09. The summed E-state index contributed by atoms with van der Waals surface area (Å²) < 4.78 is 11.1. The van der Waals surface area contributed by atoms with Crippen molar-refractivity contribution in [3.8, 4) is 5.75 Å². The number of benzene rings is 1. The highest BCUT2D eigenvalue weighted by molar-refractivity contribution is 5.85. The predicted molar refractivity (Wildman–Crippen MR) is 85.1 cm³/mol. The van der Waals surface area contributed by atoms with Crippen LogP contribution in [-0.2, 0) is 4.74 Å². The number of ether oxygens (including phenoxy) is 2. The normalized spacial score (nSPS) is 16.1. The molecule has 2 rings (SSSR count). The highest BCUT2D eigenvalue weighted by Gasteiger charge is 2.07. The van der Waals surface area contributed by atoms with E-state index in [1.165, 1.54) is 11.1 Å². The van der Waals surface area contributed by atoms with E-state index in [4.69, 9.17) is 9.47 Å². The van der Waals surface area contributed by atoms with Crippen LogP contribution in [0, 0.1) is 13.8 Å². The second kappa shape index (κ2) is 9.01. The number of rotatable bonds is 5. The fourth-order valence-corrected chi connectivity index (χ4v) is 2.09. The Labute approximate surface area is 128 Å². The minimum absolute atomic E-state index is 0. The van der Waals surface area contributed by atoms with Crippen LogP contribution in [0.4, 0.5) is 0 Å². The lowest BCUT2D eigenvalue weighted by Crippen LogP contribution is -2.36. The summed E-state index contributed by atoms with van der Waals surface area (Å²) in [5.41, 5.74) is 2.50. The van der Waals surface area contributed by atoms with Gasteiger partial charge in [-0.2, -0.15) is 0 Å². The standard InChI is InChI=1S/C16H23NO2.ClH/c1-14-6-5-7-16(15(14)2)19-11-4-3-8-17-9-12-18-13-10-17;/h3-7H,8-13H2,1-2H3;1H. The second-order valence-corrected chi connectivity index (χ2v) is 4.89. The van der Waals surface area contributed by atoms with Gasteiger partial charge in [-0.05, 0) is 31.0 Å². The monoisotopic (exact) mass is 297 g/mol. The maximum absolute atomic E-state index is 5.78. The number of nitrogens with zero attached hydrogens (tertiary/aromatic N) is 1.